The van der Waals surface area contributed by atoms with Crippen molar-refractivity contribution in [3.05, 3.63) is 17.0 Å². The highest BCUT2D eigenvalue weighted by Gasteiger charge is 2.28. The van der Waals surface area contributed by atoms with Crippen molar-refractivity contribution in [2.75, 3.05) is 26.2 Å². The van der Waals surface area contributed by atoms with Crippen molar-refractivity contribution in [3.63, 3.8) is 0 Å². The van der Waals surface area contributed by atoms with E-state index in [0.717, 1.165) is 24.1 Å². The summed E-state index contributed by atoms with van der Waals surface area (Å²) in [4.78, 5) is 14.9. The normalized spacial score (nSPS) is 21.1. The molecule has 0 radical (unpaired) electrons. The molecule has 8 heteroatoms. The molecule has 2 fully saturated rings. The third-order valence-corrected chi connectivity index (χ3v) is 8.14. The van der Waals surface area contributed by atoms with E-state index in [2.05, 4.69) is 0 Å². The molecule has 24 heavy (non-hydrogen) atoms. The second-order valence-electron chi connectivity index (χ2n) is 6.47. The van der Waals surface area contributed by atoms with Gasteiger partial charge in [0.15, 0.2) is 0 Å². The molecule has 0 saturated carbocycles. The summed E-state index contributed by atoms with van der Waals surface area (Å²) >= 11 is 1.20. The Morgan fingerprint density at radius 3 is 2.46 bits per heavy atom. The van der Waals surface area contributed by atoms with Crippen LogP contribution in [0.2, 0.25) is 0 Å². The van der Waals surface area contributed by atoms with Crippen molar-refractivity contribution in [3.8, 4) is 0 Å². The molecule has 3 heterocycles. The number of aliphatic hydroxyl groups is 1. The minimum Gasteiger partial charge on any atom is -0.393 e. The Labute approximate surface area is 147 Å². The zero-order valence-electron chi connectivity index (χ0n) is 13.7. The van der Waals surface area contributed by atoms with Crippen LogP contribution in [0.1, 0.15) is 37.0 Å². The predicted octanol–water partition coefficient (Wildman–Crippen LogP) is 1.45. The number of likely N-dealkylation sites (tertiary alicyclic amines) is 1. The Hall–Kier alpha value is -0.960. The maximum atomic E-state index is 12.6. The van der Waals surface area contributed by atoms with E-state index < -0.39 is 10.0 Å². The van der Waals surface area contributed by atoms with E-state index in [4.69, 9.17) is 0 Å². The van der Waals surface area contributed by atoms with E-state index in [1.165, 1.54) is 11.3 Å². The number of sulfonamides is 1. The summed E-state index contributed by atoms with van der Waals surface area (Å²) in [6.07, 6.45) is 4.07. The van der Waals surface area contributed by atoms with E-state index in [1.807, 2.05) is 0 Å². The standard InChI is InChI=1S/C16H24N2O4S2/c19-13-6-10-17(11-7-13)15(20)12-14-4-5-16(23-14)24(21,22)18-8-2-1-3-9-18/h4-5,13,19H,1-3,6-12H2. The van der Waals surface area contributed by atoms with Gasteiger partial charge in [0.25, 0.3) is 10.0 Å². The van der Waals surface area contributed by atoms with E-state index in [-0.39, 0.29) is 18.4 Å². The number of rotatable bonds is 4. The van der Waals surface area contributed by atoms with Crippen LogP contribution in [0.15, 0.2) is 16.3 Å². The Morgan fingerprint density at radius 1 is 1.12 bits per heavy atom. The molecule has 0 bridgehead atoms. The number of carbonyl (C=O) groups excluding carboxylic acids is 1. The summed E-state index contributed by atoms with van der Waals surface area (Å²) in [5.41, 5.74) is 0. The third kappa shape index (κ3) is 3.99. The summed E-state index contributed by atoms with van der Waals surface area (Å²) in [5.74, 6) is 0.00525. The van der Waals surface area contributed by atoms with E-state index >= 15 is 0 Å². The smallest absolute Gasteiger partial charge is 0.252 e. The molecule has 1 aromatic rings. The van der Waals surface area contributed by atoms with Crippen LogP contribution in [0.4, 0.5) is 0 Å². The van der Waals surface area contributed by atoms with Crippen LogP contribution in [0, 0.1) is 0 Å². The van der Waals surface area contributed by atoms with Gasteiger partial charge >= 0.3 is 0 Å². The first kappa shape index (κ1) is 17.8. The lowest BCUT2D eigenvalue weighted by atomic mass is 10.1. The van der Waals surface area contributed by atoms with Crippen molar-refractivity contribution < 1.29 is 18.3 Å². The minimum atomic E-state index is -3.42. The molecule has 2 aliphatic rings. The number of carbonyl (C=O) groups is 1. The van der Waals surface area contributed by atoms with Crippen LogP contribution in [-0.4, -0.2) is 60.9 Å². The SMILES string of the molecule is O=C(Cc1ccc(S(=O)(=O)N2CCCCC2)s1)N1CCC(O)CC1. The van der Waals surface area contributed by atoms with E-state index in [1.54, 1.807) is 21.3 Å². The number of aliphatic hydroxyl groups excluding tert-OH is 1. The average molecular weight is 373 g/mol. The lowest BCUT2D eigenvalue weighted by molar-refractivity contribution is -0.132. The zero-order valence-corrected chi connectivity index (χ0v) is 15.3. The van der Waals surface area contributed by atoms with Crippen molar-refractivity contribution in [1.29, 1.82) is 0 Å². The second-order valence-corrected chi connectivity index (χ2v) is 9.81. The molecule has 0 atom stereocenters. The molecule has 1 aromatic heterocycles. The first-order chi connectivity index (χ1) is 11.5. The van der Waals surface area contributed by atoms with Gasteiger partial charge in [-0.1, -0.05) is 6.42 Å². The first-order valence-electron chi connectivity index (χ1n) is 8.51. The highest BCUT2D eigenvalue weighted by Crippen LogP contribution is 2.27. The average Bonchev–Trinajstić information content (AvgIpc) is 3.05. The van der Waals surface area contributed by atoms with Crippen LogP contribution in [0.25, 0.3) is 0 Å². The van der Waals surface area contributed by atoms with Gasteiger partial charge < -0.3 is 10.0 Å². The molecule has 134 valence electrons. The number of hydrogen-bond donors (Lipinski definition) is 1. The van der Waals surface area contributed by atoms with Crippen LogP contribution in [-0.2, 0) is 21.2 Å². The molecule has 0 unspecified atom stereocenters. The first-order valence-corrected chi connectivity index (χ1v) is 10.8. The number of amides is 1. The fourth-order valence-electron chi connectivity index (χ4n) is 3.20. The molecule has 0 spiro atoms. The lowest BCUT2D eigenvalue weighted by Gasteiger charge is -2.29. The zero-order chi connectivity index (χ0) is 17.2. The van der Waals surface area contributed by atoms with Gasteiger partial charge in [-0.3, -0.25) is 4.79 Å². The summed E-state index contributed by atoms with van der Waals surface area (Å²) in [5, 5.41) is 9.51. The Morgan fingerprint density at radius 2 is 1.79 bits per heavy atom. The van der Waals surface area contributed by atoms with E-state index in [0.29, 0.717) is 43.2 Å². The van der Waals surface area contributed by atoms with Gasteiger partial charge in [-0.2, -0.15) is 4.31 Å². The van der Waals surface area contributed by atoms with Crippen LogP contribution in [0.3, 0.4) is 0 Å². The van der Waals surface area contributed by atoms with Gasteiger partial charge in [-0.25, -0.2) is 8.42 Å². The second kappa shape index (κ2) is 7.51. The molecule has 3 rings (SSSR count). The molecule has 1 N–H and O–H groups in total. The maximum absolute atomic E-state index is 12.6. The fraction of sp³-hybridized carbons (Fsp3) is 0.688. The van der Waals surface area contributed by atoms with Crippen molar-refractivity contribution in [2.24, 2.45) is 0 Å². The van der Waals surface area contributed by atoms with Crippen molar-refractivity contribution in [2.45, 2.75) is 48.8 Å². The van der Waals surface area contributed by atoms with Gasteiger partial charge in [0.05, 0.1) is 12.5 Å². The van der Waals surface area contributed by atoms with Gasteiger partial charge in [0, 0.05) is 31.1 Å². The number of nitrogens with zero attached hydrogens (tertiary/aromatic N) is 2. The minimum absolute atomic E-state index is 0.00525. The summed E-state index contributed by atoms with van der Waals surface area (Å²) in [7, 11) is -3.42. The van der Waals surface area contributed by atoms with Gasteiger partial charge in [0.2, 0.25) is 5.91 Å². The highest BCUT2D eigenvalue weighted by atomic mass is 32.2. The number of hydrogen-bond acceptors (Lipinski definition) is 5. The van der Waals surface area contributed by atoms with Crippen LogP contribution in [0.5, 0.6) is 0 Å². The Balaban J connectivity index is 1.63. The molecule has 1 amide bonds. The van der Waals surface area contributed by atoms with E-state index in [9.17, 15) is 18.3 Å². The molecule has 6 nitrogen and oxygen atoms in total. The largest absolute Gasteiger partial charge is 0.393 e. The molecular weight excluding hydrogens is 348 g/mol. The number of thiophene rings is 1. The fourth-order valence-corrected chi connectivity index (χ4v) is 6.22. The van der Waals surface area contributed by atoms with Crippen LogP contribution >= 0.6 is 11.3 Å². The van der Waals surface area contributed by atoms with Crippen molar-refractivity contribution >= 4 is 27.3 Å². The van der Waals surface area contributed by atoms with Crippen LogP contribution < -0.4 is 0 Å². The third-order valence-electron chi connectivity index (χ3n) is 4.69. The summed E-state index contributed by atoms with van der Waals surface area (Å²) in [6.45, 7) is 2.32. The van der Waals surface area contributed by atoms with Gasteiger partial charge in [0.1, 0.15) is 4.21 Å². The Bertz CT molecular complexity index is 672. The molecule has 2 aliphatic heterocycles. The molecule has 2 saturated heterocycles. The monoisotopic (exact) mass is 372 g/mol. The van der Waals surface area contributed by atoms with Gasteiger partial charge in [-0.05, 0) is 37.8 Å². The van der Waals surface area contributed by atoms with Crippen molar-refractivity contribution in [1.82, 2.24) is 9.21 Å². The molecule has 0 aromatic carbocycles. The van der Waals surface area contributed by atoms with Gasteiger partial charge in [-0.15, -0.1) is 11.3 Å². The quantitative estimate of drug-likeness (QED) is 0.868. The highest BCUT2D eigenvalue weighted by molar-refractivity contribution is 7.91. The maximum Gasteiger partial charge on any atom is 0.252 e. The number of piperidine rings is 2. The summed E-state index contributed by atoms with van der Waals surface area (Å²) < 4.78 is 27.2. The molecule has 0 aliphatic carbocycles. The topological polar surface area (TPSA) is 77.9 Å². The predicted molar refractivity (Wildman–Crippen MR) is 92.5 cm³/mol. The molecular formula is C16H24N2O4S2. The lowest BCUT2D eigenvalue weighted by Crippen LogP contribution is -2.40. The summed E-state index contributed by atoms with van der Waals surface area (Å²) in [6, 6.07) is 3.37. The Kier molecular flexibility index (Phi) is 5.59.